The molecule has 0 unspecified atom stereocenters. The Morgan fingerprint density at radius 3 is 2.73 bits per heavy atom. The summed E-state index contributed by atoms with van der Waals surface area (Å²) < 4.78 is 0. The molecule has 5 rings (SSSR count). The standard InChI is InChI=1S/C23H20N6O/c1-13(2)23(30)26-16-7-15(10-24-11-16)19-9-17-21(12-25-19)28-29-22(17)20-8-14-5-3-4-6-18(14)27-20/h3-13,27H,1-2H3,(H,26,30)(H,28,29). The van der Waals surface area contributed by atoms with Crippen LogP contribution in [0.25, 0.3) is 44.5 Å². The summed E-state index contributed by atoms with van der Waals surface area (Å²) >= 11 is 0. The van der Waals surface area contributed by atoms with Crippen LogP contribution in [0.3, 0.4) is 0 Å². The number of carbonyl (C=O) groups is 1. The maximum absolute atomic E-state index is 12.0. The Kier molecular flexibility index (Phi) is 4.28. The van der Waals surface area contributed by atoms with Gasteiger partial charge < -0.3 is 10.3 Å². The summed E-state index contributed by atoms with van der Waals surface area (Å²) in [6, 6.07) is 14.1. The molecule has 0 fully saturated rings. The van der Waals surface area contributed by atoms with Gasteiger partial charge >= 0.3 is 0 Å². The number of benzene rings is 1. The molecule has 7 heteroatoms. The lowest BCUT2D eigenvalue weighted by atomic mass is 10.1. The van der Waals surface area contributed by atoms with E-state index in [2.05, 4.69) is 42.6 Å². The Hall–Kier alpha value is -4.00. The van der Waals surface area contributed by atoms with Crippen molar-refractivity contribution >= 4 is 33.4 Å². The van der Waals surface area contributed by atoms with Crippen LogP contribution in [0.15, 0.2) is 61.1 Å². The molecule has 0 radical (unpaired) electrons. The number of hydrogen-bond acceptors (Lipinski definition) is 4. The number of hydrogen-bond donors (Lipinski definition) is 3. The largest absolute Gasteiger partial charge is 0.353 e. The van der Waals surface area contributed by atoms with Crippen molar-refractivity contribution in [2.45, 2.75) is 13.8 Å². The van der Waals surface area contributed by atoms with E-state index in [4.69, 9.17) is 0 Å². The summed E-state index contributed by atoms with van der Waals surface area (Å²) in [4.78, 5) is 24.2. The van der Waals surface area contributed by atoms with Crippen molar-refractivity contribution in [2.75, 3.05) is 5.32 Å². The number of para-hydroxylation sites is 1. The van der Waals surface area contributed by atoms with E-state index >= 15 is 0 Å². The molecule has 30 heavy (non-hydrogen) atoms. The van der Waals surface area contributed by atoms with Crippen LogP contribution in [0.2, 0.25) is 0 Å². The van der Waals surface area contributed by atoms with Gasteiger partial charge in [0.15, 0.2) is 0 Å². The summed E-state index contributed by atoms with van der Waals surface area (Å²) in [5, 5.41) is 12.5. The van der Waals surface area contributed by atoms with E-state index < -0.39 is 0 Å². The van der Waals surface area contributed by atoms with Gasteiger partial charge in [-0.15, -0.1) is 0 Å². The van der Waals surface area contributed by atoms with E-state index in [0.717, 1.165) is 44.5 Å². The van der Waals surface area contributed by atoms with Crippen molar-refractivity contribution in [2.24, 2.45) is 5.92 Å². The van der Waals surface area contributed by atoms with Gasteiger partial charge in [0.05, 0.1) is 35.0 Å². The molecular weight excluding hydrogens is 376 g/mol. The topological polar surface area (TPSA) is 99.4 Å². The zero-order chi connectivity index (χ0) is 20.7. The van der Waals surface area contributed by atoms with Crippen molar-refractivity contribution in [3.05, 3.63) is 61.1 Å². The third-order valence-corrected chi connectivity index (χ3v) is 5.06. The van der Waals surface area contributed by atoms with Gasteiger partial charge in [0.2, 0.25) is 5.91 Å². The third-order valence-electron chi connectivity index (χ3n) is 5.06. The lowest BCUT2D eigenvalue weighted by Crippen LogP contribution is -2.17. The highest BCUT2D eigenvalue weighted by atomic mass is 16.1. The van der Waals surface area contributed by atoms with Gasteiger partial charge in [-0.05, 0) is 24.3 Å². The van der Waals surface area contributed by atoms with Crippen LogP contribution >= 0.6 is 0 Å². The van der Waals surface area contributed by atoms with Crippen LogP contribution in [0, 0.1) is 5.92 Å². The summed E-state index contributed by atoms with van der Waals surface area (Å²) in [6.07, 6.45) is 5.14. The second-order valence-electron chi connectivity index (χ2n) is 7.56. The summed E-state index contributed by atoms with van der Waals surface area (Å²) in [5.41, 5.74) is 5.92. The SMILES string of the molecule is CC(C)C(=O)Nc1cncc(-c2cc3c(-c4cc5ccccc5[nH]4)n[nH]c3cn2)c1. The molecule has 4 aromatic heterocycles. The van der Waals surface area contributed by atoms with Gasteiger partial charge in [-0.3, -0.25) is 19.9 Å². The highest BCUT2D eigenvalue weighted by Gasteiger charge is 2.14. The van der Waals surface area contributed by atoms with E-state index in [-0.39, 0.29) is 11.8 Å². The Morgan fingerprint density at radius 2 is 1.90 bits per heavy atom. The molecule has 4 heterocycles. The van der Waals surface area contributed by atoms with E-state index in [9.17, 15) is 4.79 Å². The number of anilines is 1. The first kappa shape index (κ1) is 18.1. The van der Waals surface area contributed by atoms with Crippen molar-refractivity contribution in [3.63, 3.8) is 0 Å². The highest BCUT2D eigenvalue weighted by Crippen LogP contribution is 2.31. The van der Waals surface area contributed by atoms with E-state index in [1.807, 2.05) is 44.2 Å². The molecule has 0 bridgehead atoms. The molecule has 0 atom stereocenters. The quantitative estimate of drug-likeness (QED) is 0.408. The first-order chi connectivity index (χ1) is 14.6. The lowest BCUT2D eigenvalue weighted by molar-refractivity contribution is -0.118. The molecule has 0 spiro atoms. The number of carbonyl (C=O) groups excluding carboxylic acids is 1. The number of rotatable bonds is 4. The first-order valence-electron chi connectivity index (χ1n) is 9.77. The average molecular weight is 396 g/mol. The minimum Gasteiger partial charge on any atom is -0.353 e. The average Bonchev–Trinajstić information content (AvgIpc) is 3.37. The van der Waals surface area contributed by atoms with Crippen LogP contribution in [-0.2, 0) is 4.79 Å². The zero-order valence-electron chi connectivity index (χ0n) is 16.6. The molecular formula is C23H20N6O. The third kappa shape index (κ3) is 3.20. The molecule has 0 saturated heterocycles. The fourth-order valence-corrected chi connectivity index (χ4v) is 3.42. The fraction of sp³-hybridized carbons (Fsp3) is 0.130. The second-order valence-corrected chi connectivity index (χ2v) is 7.56. The predicted octanol–water partition coefficient (Wildman–Crippen LogP) is 4.76. The smallest absolute Gasteiger partial charge is 0.226 e. The van der Waals surface area contributed by atoms with Crippen LogP contribution in [0.4, 0.5) is 5.69 Å². The molecule has 7 nitrogen and oxygen atoms in total. The normalized spacial score (nSPS) is 11.4. The number of amides is 1. The Balaban J connectivity index is 1.55. The first-order valence-corrected chi connectivity index (χ1v) is 9.77. The molecule has 3 N–H and O–H groups in total. The lowest BCUT2D eigenvalue weighted by Gasteiger charge is -2.08. The predicted molar refractivity (Wildman–Crippen MR) is 118 cm³/mol. The van der Waals surface area contributed by atoms with Gasteiger partial charge in [0, 0.05) is 34.0 Å². The van der Waals surface area contributed by atoms with Crippen molar-refractivity contribution in [1.29, 1.82) is 0 Å². The fourth-order valence-electron chi connectivity index (χ4n) is 3.42. The van der Waals surface area contributed by atoms with E-state index in [1.165, 1.54) is 0 Å². The Bertz CT molecular complexity index is 1350. The van der Waals surface area contributed by atoms with Gasteiger partial charge in [-0.1, -0.05) is 32.0 Å². The Labute approximate surface area is 172 Å². The van der Waals surface area contributed by atoms with Crippen molar-refractivity contribution < 1.29 is 4.79 Å². The van der Waals surface area contributed by atoms with Crippen molar-refractivity contribution in [3.8, 4) is 22.6 Å². The number of nitrogens with zero attached hydrogens (tertiary/aromatic N) is 3. The highest BCUT2D eigenvalue weighted by molar-refractivity contribution is 5.97. The molecule has 0 aliphatic rings. The maximum Gasteiger partial charge on any atom is 0.226 e. The van der Waals surface area contributed by atoms with Crippen molar-refractivity contribution in [1.82, 2.24) is 25.1 Å². The van der Waals surface area contributed by atoms with Gasteiger partial charge in [-0.25, -0.2) is 0 Å². The van der Waals surface area contributed by atoms with Gasteiger partial charge in [0.1, 0.15) is 5.69 Å². The summed E-state index contributed by atoms with van der Waals surface area (Å²) in [5.74, 6) is -0.152. The molecule has 0 aliphatic carbocycles. The van der Waals surface area contributed by atoms with Crippen LogP contribution in [0.1, 0.15) is 13.8 Å². The van der Waals surface area contributed by atoms with Crippen LogP contribution in [-0.4, -0.2) is 31.1 Å². The molecule has 0 aliphatic heterocycles. The van der Waals surface area contributed by atoms with Crippen LogP contribution in [0.5, 0.6) is 0 Å². The summed E-state index contributed by atoms with van der Waals surface area (Å²) in [6.45, 7) is 3.71. The minimum absolute atomic E-state index is 0.0479. The zero-order valence-corrected chi connectivity index (χ0v) is 16.6. The summed E-state index contributed by atoms with van der Waals surface area (Å²) in [7, 11) is 0. The molecule has 1 amide bonds. The van der Waals surface area contributed by atoms with E-state index in [0.29, 0.717) is 5.69 Å². The number of fused-ring (bicyclic) bond motifs is 2. The Morgan fingerprint density at radius 1 is 1.03 bits per heavy atom. The number of nitrogens with one attached hydrogen (secondary N) is 3. The monoisotopic (exact) mass is 396 g/mol. The molecule has 5 aromatic rings. The van der Waals surface area contributed by atoms with Gasteiger partial charge in [-0.2, -0.15) is 5.10 Å². The maximum atomic E-state index is 12.0. The van der Waals surface area contributed by atoms with Crippen LogP contribution < -0.4 is 5.32 Å². The van der Waals surface area contributed by atoms with E-state index in [1.54, 1.807) is 18.6 Å². The number of aromatic amines is 2. The molecule has 0 saturated carbocycles. The minimum atomic E-state index is -0.104. The molecule has 1 aromatic carbocycles. The number of H-pyrrole nitrogens is 2. The molecule has 148 valence electrons. The van der Waals surface area contributed by atoms with Gasteiger partial charge in [0.25, 0.3) is 0 Å². The second kappa shape index (κ2) is 7.11. The number of aromatic nitrogens is 5. The number of pyridine rings is 2.